The SMILES string of the molecule is CC(N)Cc1ccc(N2CCCC(C)CC2)cc1Cl. The minimum atomic E-state index is 0.155. The van der Waals surface area contributed by atoms with Crippen molar-refractivity contribution in [1.82, 2.24) is 0 Å². The molecule has 1 fully saturated rings. The van der Waals surface area contributed by atoms with E-state index in [1.54, 1.807) is 0 Å². The van der Waals surface area contributed by atoms with E-state index in [4.69, 9.17) is 17.3 Å². The second-order valence-electron chi connectivity index (χ2n) is 5.98. The normalized spacial score (nSPS) is 22.1. The highest BCUT2D eigenvalue weighted by molar-refractivity contribution is 6.31. The minimum absolute atomic E-state index is 0.155. The van der Waals surface area contributed by atoms with Gasteiger partial charge in [0, 0.05) is 29.8 Å². The molecular formula is C16H25ClN2. The first-order valence-electron chi connectivity index (χ1n) is 7.35. The van der Waals surface area contributed by atoms with E-state index < -0.39 is 0 Å². The summed E-state index contributed by atoms with van der Waals surface area (Å²) in [6.45, 7) is 6.65. The van der Waals surface area contributed by atoms with Crippen molar-refractivity contribution in [3.8, 4) is 0 Å². The minimum Gasteiger partial charge on any atom is -0.371 e. The van der Waals surface area contributed by atoms with E-state index in [-0.39, 0.29) is 6.04 Å². The van der Waals surface area contributed by atoms with E-state index in [1.807, 2.05) is 6.92 Å². The molecule has 1 saturated heterocycles. The van der Waals surface area contributed by atoms with Crippen molar-refractivity contribution in [1.29, 1.82) is 0 Å². The monoisotopic (exact) mass is 280 g/mol. The van der Waals surface area contributed by atoms with Crippen LogP contribution in [-0.4, -0.2) is 19.1 Å². The average molecular weight is 281 g/mol. The topological polar surface area (TPSA) is 29.3 Å². The molecule has 1 heterocycles. The molecule has 0 saturated carbocycles. The van der Waals surface area contributed by atoms with Gasteiger partial charge in [-0.1, -0.05) is 24.6 Å². The van der Waals surface area contributed by atoms with Crippen molar-refractivity contribution in [3.63, 3.8) is 0 Å². The largest absolute Gasteiger partial charge is 0.371 e. The molecule has 0 bridgehead atoms. The van der Waals surface area contributed by atoms with Crippen LogP contribution in [0.25, 0.3) is 0 Å². The van der Waals surface area contributed by atoms with Crippen LogP contribution >= 0.6 is 11.6 Å². The third-order valence-corrected chi connectivity index (χ3v) is 4.31. The van der Waals surface area contributed by atoms with Crippen LogP contribution in [0, 0.1) is 5.92 Å². The molecule has 2 nitrogen and oxygen atoms in total. The molecule has 19 heavy (non-hydrogen) atoms. The summed E-state index contributed by atoms with van der Waals surface area (Å²) in [5.41, 5.74) is 8.25. The summed E-state index contributed by atoms with van der Waals surface area (Å²) in [5, 5.41) is 0.854. The summed E-state index contributed by atoms with van der Waals surface area (Å²) in [7, 11) is 0. The van der Waals surface area contributed by atoms with Crippen molar-refractivity contribution >= 4 is 17.3 Å². The number of nitrogens with zero attached hydrogens (tertiary/aromatic N) is 1. The number of benzene rings is 1. The fourth-order valence-electron chi connectivity index (χ4n) is 2.77. The molecule has 3 heteroatoms. The zero-order chi connectivity index (χ0) is 13.8. The first-order chi connectivity index (χ1) is 9.06. The van der Waals surface area contributed by atoms with Gasteiger partial charge in [-0.25, -0.2) is 0 Å². The lowest BCUT2D eigenvalue weighted by atomic mass is 10.0. The molecule has 0 aromatic heterocycles. The van der Waals surface area contributed by atoms with Gasteiger partial charge in [0.15, 0.2) is 0 Å². The van der Waals surface area contributed by atoms with E-state index in [0.717, 1.165) is 36.0 Å². The van der Waals surface area contributed by atoms with Crippen molar-refractivity contribution in [2.75, 3.05) is 18.0 Å². The van der Waals surface area contributed by atoms with Crippen molar-refractivity contribution in [2.45, 2.75) is 45.6 Å². The molecule has 1 aromatic rings. The van der Waals surface area contributed by atoms with Crippen LogP contribution in [-0.2, 0) is 6.42 Å². The molecule has 1 aliphatic rings. The predicted molar refractivity (Wildman–Crippen MR) is 84.0 cm³/mol. The quantitative estimate of drug-likeness (QED) is 0.911. The summed E-state index contributed by atoms with van der Waals surface area (Å²) in [6, 6.07) is 6.59. The third kappa shape index (κ3) is 4.12. The molecule has 1 aliphatic heterocycles. The number of rotatable bonds is 3. The number of halogens is 1. The maximum Gasteiger partial charge on any atom is 0.0459 e. The fraction of sp³-hybridized carbons (Fsp3) is 0.625. The number of anilines is 1. The Labute approximate surface area is 121 Å². The molecule has 2 N–H and O–H groups in total. The van der Waals surface area contributed by atoms with Crippen LogP contribution in [0.1, 0.15) is 38.7 Å². The highest BCUT2D eigenvalue weighted by Crippen LogP contribution is 2.27. The summed E-state index contributed by atoms with van der Waals surface area (Å²) >= 11 is 6.38. The van der Waals surface area contributed by atoms with Crippen LogP contribution in [0.15, 0.2) is 18.2 Å². The summed E-state index contributed by atoms with van der Waals surface area (Å²) in [4.78, 5) is 2.46. The Morgan fingerprint density at radius 2 is 2.16 bits per heavy atom. The molecule has 0 spiro atoms. The van der Waals surface area contributed by atoms with E-state index in [1.165, 1.54) is 24.9 Å². The molecule has 0 amide bonds. The number of nitrogens with two attached hydrogens (primary N) is 1. The first-order valence-corrected chi connectivity index (χ1v) is 7.73. The Morgan fingerprint density at radius 1 is 1.37 bits per heavy atom. The van der Waals surface area contributed by atoms with Crippen molar-refractivity contribution < 1.29 is 0 Å². The zero-order valence-electron chi connectivity index (χ0n) is 12.0. The summed E-state index contributed by atoms with van der Waals surface area (Å²) in [5.74, 6) is 0.845. The van der Waals surface area contributed by atoms with Crippen molar-refractivity contribution in [2.24, 2.45) is 11.7 Å². The first kappa shape index (κ1) is 14.7. The van der Waals surface area contributed by atoms with E-state index >= 15 is 0 Å². The maximum absolute atomic E-state index is 6.38. The molecule has 106 valence electrons. The summed E-state index contributed by atoms with van der Waals surface area (Å²) < 4.78 is 0. The fourth-order valence-corrected chi connectivity index (χ4v) is 3.02. The van der Waals surface area contributed by atoms with Gasteiger partial charge in [0.1, 0.15) is 0 Å². The lowest BCUT2D eigenvalue weighted by Gasteiger charge is -2.23. The number of hydrogen-bond acceptors (Lipinski definition) is 2. The van der Waals surface area contributed by atoms with Gasteiger partial charge in [-0.05, 0) is 56.2 Å². The standard InChI is InChI=1S/C16H25ClN2/c1-12-4-3-8-19(9-7-12)15-6-5-14(10-13(2)18)16(17)11-15/h5-6,11-13H,3-4,7-10,18H2,1-2H3. The van der Waals surface area contributed by atoms with Gasteiger partial charge in [-0.15, -0.1) is 0 Å². The van der Waals surface area contributed by atoms with E-state index in [9.17, 15) is 0 Å². The van der Waals surface area contributed by atoms with Crippen LogP contribution in [0.5, 0.6) is 0 Å². The maximum atomic E-state index is 6.38. The van der Waals surface area contributed by atoms with Crippen LogP contribution in [0.4, 0.5) is 5.69 Å². The average Bonchev–Trinajstić information content (AvgIpc) is 2.56. The molecule has 0 radical (unpaired) electrons. The smallest absolute Gasteiger partial charge is 0.0459 e. The van der Waals surface area contributed by atoms with Gasteiger partial charge in [0.25, 0.3) is 0 Å². The summed E-state index contributed by atoms with van der Waals surface area (Å²) in [6.07, 6.45) is 4.74. The highest BCUT2D eigenvalue weighted by atomic mass is 35.5. The van der Waals surface area contributed by atoms with Gasteiger partial charge in [0.05, 0.1) is 0 Å². The Morgan fingerprint density at radius 3 is 2.84 bits per heavy atom. The van der Waals surface area contributed by atoms with Gasteiger partial charge in [0.2, 0.25) is 0 Å². The Balaban J connectivity index is 2.10. The molecule has 0 aliphatic carbocycles. The molecule has 2 rings (SSSR count). The Kier molecular flexibility index (Phi) is 5.12. The predicted octanol–water partition coefficient (Wildman–Crippen LogP) is 3.86. The second-order valence-corrected chi connectivity index (χ2v) is 6.39. The molecule has 1 aromatic carbocycles. The molecule has 2 unspecified atom stereocenters. The van der Waals surface area contributed by atoms with Gasteiger partial charge >= 0.3 is 0 Å². The Hall–Kier alpha value is -0.730. The molecular weight excluding hydrogens is 256 g/mol. The van der Waals surface area contributed by atoms with Crippen molar-refractivity contribution in [3.05, 3.63) is 28.8 Å². The number of hydrogen-bond donors (Lipinski definition) is 1. The van der Waals surface area contributed by atoms with Crippen LogP contribution in [0.2, 0.25) is 5.02 Å². The zero-order valence-corrected chi connectivity index (χ0v) is 12.8. The molecule has 2 atom stereocenters. The Bertz CT molecular complexity index is 417. The third-order valence-electron chi connectivity index (χ3n) is 3.96. The van der Waals surface area contributed by atoms with Gasteiger partial charge in [-0.2, -0.15) is 0 Å². The van der Waals surface area contributed by atoms with Crippen LogP contribution in [0.3, 0.4) is 0 Å². The lowest BCUT2D eigenvalue weighted by Crippen LogP contribution is -2.24. The van der Waals surface area contributed by atoms with E-state index in [2.05, 4.69) is 30.0 Å². The lowest BCUT2D eigenvalue weighted by molar-refractivity contribution is 0.521. The second kappa shape index (κ2) is 6.62. The van der Waals surface area contributed by atoms with Crippen LogP contribution < -0.4 is 10.6 Å². The van der Waals surface area contributed by atoms with E-state index in [0.29, 0.717) is 0 Å². The highest BCUT2D eigenvalue weighted by Gasteiger charge is 2.15. The van der Waals surface area contributed by atoms with Gasteiger partial charge < -0.3 is 10.6 Å². The van der Waals surface area contributed by atoms with Gasteiger partial charge in [-0.3, -0.25) is 0 Å².